The first-order valence-electron chi connectivity index (χ1n) is 11.1. The van der Waals surface area contributed by atoms with Crippen LogP contribution in [0.3, 0.4) is 0 Å². The molecule has 0 heterocycles. The van der Waals surface area contributed by atoms with Crippen molar-refractivity contribution in [3.05, 3.63) is 36.5 Å². The number of unbranched alkanes of at least 4 members (excludes halogenated alkanes) is 9. The van der Waals surface area contributed by atoms with E-state index in [-0.39, 0.29) is 12.5 Å². The van der Waals surface area contributed by atoms with Crippen LogP contribution in [0.4, 0.5) is 0 Å². The lowest BCUT2D eigenvalue weighted by Crippen LogP contribution is -2.25. The van der Waals surface area contributed by atoms with Crippen LogP contribution < -0.4 is 5.32 Å². The molecular weight excluding hydrogens is 334 g/mol. The van der Waals surface area contributed by atoms with Gasteiger partial charge >= 0.3 is 0 Å². The predicted octanol–water partition coefficient (Wildman–Crippen LogP) is 6.24. The molecule has 0 saturated carbocycles. The predicted molar refractivity (Wildman–Crippen MR) is 118 cm³/mol. The topological polar surface area (TPSA) is 49.3 Å². The van der Waals surface area contributed by atoms with Crippen LogP contribution in [-0.2, 0) is 4.79 Å². The van der Waals surface area contributed by atoms with Crippen LogP contribution in [0.2, 0.25) is 0 Å². The minimum absolute atomic E-state index is 0.0208. The number of aliphatic hydroxyl groups is 1. The molecule has 0 aliphatic carbocycles. The highest BCUT2D eigenvalue weighted by Gasteiger charge is 1.99. The molecule has 0 fully saturated rings. The molecule has 0 aliphatic heterocycles. The summed E-state index contributed by atoms with van der Waals surface area (Å²) in [5.41, 5.74) is 0. The lowest BCUT2D eigenvalue weighted by molar-refractivity contribution is -0.121. The first kappa shape index (κ1) is 25.6. The fraction of sp³-hybridized carbons (Fsp3) is 0.708. The van der Waals surface area contributed by atoms with Gasteiger partial charge in [-0.2, -0.15) is 0 Å². The lowest BCUT2D eigenvalue weighted by Gasteiger charge is -2.03. The first-order valence-corrected chi connectivity index (χ1v) is 11.1. The Hall–Kier alpha value is -1.35. The van der Waals surface area contributed by atoms with E-state index in [1.54, 1.807) is 0 Å². The number of hydrogen-bond donors (Lipinski definition) is 2. The summed E-state index contributed by atoms with van der Waals surface area (Å²) in [4.78, 5) is 11.3. The van der Waals surface area contributed by atoms with E-state index in [9.17, 15) is 4.79 Å². The largest absolute Gasteiger partial charge is 0.395 e. The number of amides is 1. The van der Waals surface area contributed by atoms with Crippen molar-refractivity contribution in [2.45, 2.75) is 96.8 Å². The van der Waals surface area contributed by atoms with Gasteiger partial charge in [0.1, 0.15) is 0 Å². The highest BCUT2D eigenvalue weighted by Crippen LogP contribution is 2.09. The van der Waals surface area contributed by atoms with Gasteiger partial charge in [-0.3, -0.25) is 4.79 Å². The van der Waals surface area contributed by atoms with Crippen molar-refractivity contribution >= 4 is 5.91 Å². The molecule has 0 saturated heterocycles. The van der Waals surface area contributed by atoms with E-state index >= 15 is 0 Å². The normalized spacial score (nSPS) is 11.9. The zero-order chi connectivity index (χ0) is 19.8. The Morgan fingerprint density at radius 1 is 0.741 bits per heavy atom. The second-order valence-electron chi connectivity index (χ2n) is 7.11. The third kappa shape index (κ3) is 22.6. The second-order valence-corrected chi connectivity index (χ2v) is 7.11. The molecule has 0 unspecified atom stereocenters. The molecule has 1 amide bonds. The van der Waals surface area contributed by atoms with Gasteiger partial charge < -0.3 is 10.4 Å². The van der Waals surface area contributed by atoms with Crippen molar-refractivity contribution in [1.82, 2.24) is 5.32 Å². The number of nitrogens with one attached hydrogen (secondary N) is 1. The van der Waals surface area contributed by atoms with Crippen molar-refractivity contribution < 1.29 is 9.90 Å². The monoisotopic (exact) mass is 377 g/mol. The third-order valence-corrected chi connectivity index (χ3v) is 4.48. The molecule has 0 spiro atoms. The highest BCUT2D eigenvalue weighted by molar-refractivity contribution is 5.75. The Labute approximate surface area is 168 Å². The van der Waals surface area contributed by atoms with Gasteiger partial charge in [0, 0.05) is 13.0 Å². The van der Waals surface area contributed by atoms with Crippen LogP contribution in [0.1, 0.15) is 96.8 Å². The maximum absolute atomic E-state index is 11.3. The minimum atomic E-state index is 0.0208. The molecule has 0 bridgehead atoms. The molecule has 2 N–H and O–H groups in total. The standard InChI is InChI=1S/C24H43NO2/c1-2-3-4-5-6-7-8-9-10-11-12-13-14-15-16-17-18-19-20-21-24(27)25-22-23-26/h6-7,9-10,12-13,26H,2-5,8,11,14-23H2,1H3,(H,25,27)/b7-6-,10-9-,13-12-. The maximum atomic E-state index is 11.3. The molecule has 3 heteroatoms. The zero-order valence-electron chi connectivity index (χ0n) is 17.6. The van der Waals surface area contributed by atoms with Gasteiger partial charge in [0.05, 0.1) is 6.61 Å². The maximum Gasteiger partial charge on any atom is 0.220 e. The van der Waals surface area contributed by atoms with Crippen LogP contribution in [0.25, 0.3) is 0 Å². The van der Waals surface area contributed by atoms with Crippen LogP contribution in [0.5, 0.6) is 0 Å². The molecule has 3 nitrogen and oxygen atoms in total. The Kier molecular flexibility index (Phi) is 21.6. The zero-order valence-corrected chi connectivity index (χ0v) is 17.6. The van der Waals surface area contributed by atoms with Gasteiger partial charge in [-0.05, 0) is 44.9 Å². The minimum Gasteiger partial charge on any atom is -0.395 e. The quantitative estimate of drug-likeness (QED) is 0.207. The summed E-state index contributed by atoms with van der Waals surface area (Å²) in [6.45, 7) is 2.64. The summed E-state index contributed by atoms with van der Waals surface area (Å²) in [5.74, 6) is 0.0613. The second kappa shape index (κ2) is 22.7. The SMILES string of the molecule is CCCCC/C=C\C/C=C\C/C=C\CCCCCCCCC(=O)NCCO. The highest BCUT2D eigenvalue weighted by atomic mass is 16.3. The van der Waals surface area contributed by atoms with E-state index in [0.717, 1.165) is 25.7 Å². The number of carbonyl (C=O) groups excluding carboxylic acids is 1. The molecule has 156 valence electrons. The molecule has 0 atom stereocenters. The van der Waals surface area contributed by atoms with Gasteiger partial charge in [0.2, 0.25) is 5.91 Å². The molecule has 0 aromatic rings. The molecule has 0 aromatic heterocycles. The van der Waals surface area contributed by atoms with E-state index in [1.807, 2.05) is 0 Å². The molecular formula is C24H43NO2. The average Bonchev–Trinajstić information content (AvgIpc) is 2.68. The molecule has 0 radical (unpaired) electrons. The summed E-state index contributed by atoms with van der Waals surface area (Å²) in [7, 11) is 0. The van der Waals surface area contributed by atoms with Crippen LogP contribution in [-0.4, -0.2) is 24.2 Å². The summed E-state index contributed by atoms with van der Waals surface area (Å²) in [6, 6.07) is 0. The Bertz CT molecular complexity index is 399. The van der Waals surface area contributed by atoms with E-state index in [1.165, 1.54) is 57.8 Å². The molecule has 0 aliphatic rings. The van der Waals surface area contributed by atoms with Crippen LogP contribution in [0, 0.1) is 0 Å². The summed E-state index contributed by atoms with van der Waals surface area (Å²) in [6.07, 6.45) is 29.8. The van der Waals surface area contributed by atoms with Crippen molar-refractivity contribution in [1.29, 1.82) is 0 Å². The Balaban J connectivity index is 3.29. The summed E-state index contributed by atoms with van der Waals surface area (Å²) < 4.78 is 0. The smallest absolute Gasteiger partial charge is 0.220 e. The van der Waals surface area contributed by atoms with Gasteiger partial charge in [0.25, 0.3) is 0 Å². The fourth-order valence-corrected chi connectivity index (χ4v) is 2.83. The Morgan fingerprint density at radius 3 is 1.85 bits per heavy atom. The van der Waals surface area contributed by atoms with Crippen LogP contribution >= 0.6 is 0 Å². The molecule has 27 heavy (non-hydrogen) atoms. The number of carbonyl (C=O) groups is 1. The molecule has 0 aromatic carbocycles. The van der Waals surface area contributed by atoms with E-state index in [2.05, 4.69) is 48.7 Å². The van der Waals surface area contributed by atoms with E-state index in [0.29, 0.717) is 13.0 Å². The number of rotatable bonds is 19. The van der Waals surface area contributed by atoms with Gasteiger partial charge in [-0.15, -0.1) is 0 Å². The van der Waals surface area contributed by atoms with Crippen molar-refractivity contribution in [3.8, 4) is 0 Å². The third-order valence-electron chi connectivity index (χ3n) is 4.48. The van der Waals surface area contributed by atoms with Crippen molar-refractivity contribution in [3.63, 3.8) is 0 Å². The summed E-state index contributed by atoms with van der Waals surface area (Å²) in [5, 5.41) is 11.3. The Morgan fingerprint density at radius 2 is 1.26 bits per heavy atom. The van der Waals surface area contributed by atoms with Gasteiger partial charge in [0.15, 0.2) is 0 Å². The van der Waals surface area contributed by atoms with Crippen molar-refractivity contribution in [2.75, 3.05) is 13.2 Å². The number of allylic oxidation sites excluding steroid dienone is 6. The van der Waals surface area contributed by atoms with E-state index < -0.39 is 0 Å². The van der Waals surface area contributed by atoms with Gasteiger partial charge in [-0.25, -0.2) is 0 Å². The van der Waals surface area contributed by atoms with Crippen molar-refractivity contribution in [2.24, 2.45) is 0 Å². The lowest BCUT2D eigenvalue weighted by atomic mass is 10.1. The van der Waals surface area contributed by atoms with Crippen LogP contribution in [0.15, 0.2) is 36.5 Å². The molecule has 0 rings (SSSR count). The average molecular weight is 378 g/mol. The number of aliphatic hydroxyl groups excluding tert-OH is 1. The fourth-order valence-electron chi connectivity index (χ4n) is 2.83. The summed E-state index contributed by atoms with van der Waals surface area (Å²) >= 11 is 0. The van der Waals surface area contributed by atoms with Gasteiger partial charge in [-0.1, -0.05) is 81.9 Å². The van der Waals surface area contributed by atoms with E-state index in [4.69, 9.17) is 5.11 Å². The first-order chi connectivity index (χ1) is 13.3. The number of hydrogen-bond acceptors (Lipinski definition) is 2.